The first-order valence-electron chi connectivity index (χ1n) is 10.6. The van der Waals surface area contributed by atoms with Crippen molar-refractivity contribution in [3.8, 4) is 0 Å². The van der Waals surface area contributed by atoms with Crippen molar-refractivity contribution in [2.24, 2.45) is 0 Å². The van der Waals surface area contributed by atoms with Crippen LogP contribution in [0.4, 0.5) is 5.82 Å². The maximum atomic E-state index is 12.5. The second-order valence-electron chi connectivity index (χ2n) is 7.94. The van der Waals surface area contributed by atoms with Crippen LogP contribution in [0.1, 0.15) is 34.5 Å². The largest absolute Gasteiger partial charge is 0.390 e. The quantitative estimate of drug-likeness (QED) is 0.630. The summed E-state index contributed by atoms with van der Waals surface area (Å²) in [6, 6.07) is 8.69. The van der Waals surface area contributed by atoms with Gasteiger partial charge in [0.1, 0.15) is 11.5 Å². The molecule has 2 aromatic rings. The summed E-state index contributed by atoms with van der Waals surface area (Å²) in [6.07, 6.45) is 5.22. The minimum absolute atomic E-state index is 0.177. The van der Waals surface area contributed by atoms with Crippen molar-refractivity contribution in [2.45, 2.75) is 38.0 Å². The van der Waals surface area contributed by atoms with Crippen LogP contribution in [-0.2, 0) is 17.7 Å². The molecule has 0 saturated carbocycles. The van der Waals surface area contributed by atoms with E-state index in [1.165, 1.54) is 17.3 Å². The number of carbonyl (C=O) groups excluding carboxylic acids is 1. The minimum atomic E-state index is -0.643. The molecule has 2 aliphatic heterocycles. The minimum Gasteiger partial charge on any atom is -0.390 e. The van der Waals surface area contributed by atoms with Gasteiger partial charge in [-0.3, -0.25) is 14.7 Å². The van der Waals surface area contributed by atoms with Crippen LogP contribution in [0.25, 0.3) is 0 Å². The average Bonchev–Trinajstić information content (AvgIpc) is 2.78. The third kappa shape index (κ3) is 5.53. The van der Waals surface area contributed by atoms with Crippen LogP contribution in [0.2, 0.25) is 0 Å². The molecule has 2 aliphatic rings. The highest BCUT2D eigenvalue weighted by Crippen LogP contribution is 2.18. The summed E-state index contributed by atoms with van der Waals surface area (Å²) in [5.41, 5.74) is 2.93. The Morgan fingerprint density at radius 1 is 1.23 bits per heavy atom. The molecule has 0 spiro atoms. The number of fused-ring (bicyclic) bond motifs is 1. The lowest BCUT2D eigenvalue weighted by Crippen LogP contribution is -2.42. The topological polar surface area (TPSA) is 99.6 Å². The predicted molar refractivity (Wildman–Crippen MR) is 113 cm³/mol. The molecule has 8 nitrogen and oxygen atoms in total. The van der Waals surface area contributed by atoms with Crippen molar-refractivity contribution in [3.63, 3.8) is 0 Å². The second-order valence-corrected chi connectivity index (χ2v) is 7.94. The molecule has 1 aromatic heterocycles. The molecule has 3 heterocycles. The highest BCUT2D eigenvalue weighted by molar-refractivity contribution is 5.92. The van der Waals surface area contributed by atoms with Crippen LogP contribution in [0.15, 0.2) is 36.7 Å². The number of amides is 1. The lowest BCUT2D eigenvalue weighted by atomic mass is 10.00. The summed E-state index contributed by atoms with van der Waals surface area (Å²) in [4.78, 5) is 23.2. The van der Waals surface area contributed by atoms with E-state index in [0.29, 0.717) is 12.4 Å². The lowest BCUT2D eigenvalue weighted by molar-refractivity contribution is 0.0837. The summed E-state index contributed by atoms with van der Waals surface area (Å²) in [5, 5.41) is 16.5. The number of anilines is 1. The summed E-state index contributed by atoms with van der Waals surface area (Å²) in [6.45, 7) is 3.89. The van der Waals surface area contributed by atoms with Crippen LogP contribution >= 0.6 is 0 Å². The van der Waals surface area contributed by atoms with Crippen LogP contribution in [-0.4, -0.2) is 70.9 Å². The summed E-state index contributed by atoms with van der Waals surface area (Å²) in [7, 11) is 0. The van der Waals surface area contributed by atoms with Gasteiger partial charge in [0, 0.05) is 45.4 Å². The zero-order valence-corrected chi connectivity index (χ0v) is 17.1. The smallest absolute Gasteiger partial charge is 0.271 e. The van der Waals surface area contributed by atoms with Gasteiger partial charge in [0.05, 0.1) is 18.5 Å². The number of carbonyl (C=O) groups is 1. The highest BCUT2D eigenvalue weighted by Gasteiger charge is 2.20. The number of hydrogen-bond acceptors (Lipinski definition) is 7. The van der Waals surface area contributed by atoms with Gasteiger partial charge in [-0.25, -0.2) is 4.98 Å². The van der Waals surface area contributed by atoms with Crippen LogP contribution in [0.5, 0.6) is 0 Å². The molecule has 1 saturated heterocycles. The summed E-state index contributed by atoms with van der Waals surface area (Å²) in [5.74, 6) is 0.253. The fourth-order valence-corrected chi connectivity index (χ4v) is 3.97. The molecule has 0 aliphatic carbocycles. The van der Waals surface area contributed by atoms with Crippen molar-refractivity contribution in [3.05, 3.63) is 53.5 Å². The molecule has 30 heavy (non-hydrogen) atoms. The van der Waals surface area contributed by atoms with Gasteiger partial charge < -0.3 is 20.5 Å². The number of hydrogen-bond donors (Lipinski definition) is 3. The normalized spacial score (nSPS) is 18.4. The zero-order valence-electron chi connectivity index (χ0n) is 17.1. The summed E-state index contributed by atoms with van der Waals surface area (Å²) < 4.78 is 5.36. The van der Waals surface area contributed by atoms with Crippen LogP contribution in [0, 0.1) is 0 Å². The van der Waals surface area contributed by atoms with Crippen LogP contribution in [0.3, 0.4) is 0 Å². The average molecular weight is 412 g/mol. The van der Waals surface area contributed by atoms with E-state index in [9.17, 15) is 9.90 Å². The Morgan fingerprint density at radius 2 is 2.03 bits per heavy atom. The molecular formula is C22H29N5O3. The molecule has 4 rings (SSSR count). The number of aliphatic hydroxyl groups excluding tert-OH is 1. The molecule has 1 atom stereocenters. The van der Waals surface area contributed by atoms with E-state index in [2.05, 4.69) is 43.7 Å². The molecule has 160 valence electrons. The Hall–Kier alpha value is -2.55. The van der Waals surface area contributed by atoms with Gasteiger partial charge >= 0.3 is 0 Å². The summed E-state index contributed by atoms with van der Waals surface area (Å²) >= 11 is 0. The molecule has 8 heteroatoms. The van der Waals surface area contributed by atoms with E-state index in [0.717, 1.165) is 45.6 Å². The van der Waals surface area contributed by atoms with Gasteiger partial charge in [0.25, 0.3) is 5.91 Å². The van der Waals surface area contributed by atoms with E-state index >= 15 is 0 Å². The monoisotopic (exact) mass is 411 g/mol. The SMILES string of the molecule is O=C(NCC(O)CN1CCc2ccccc2C1)c1cncc(NC2CCOCC2)n1. The Balaban J connectivity index is 1.24. The Labute approximate surface area is 176 Å². The Kier molecular flexibility index (Phi) is 6.88. The van der Waals surface area contributed by atoms with E-state index < -0.39 is 6.10 Å². The number of nitrogens with one attached hydrogen (secondary N) is 2. The molecule has 0 radical (unpaired) electrons. The molecule has 1 aromatic carbocycles. The first-order chi connectivity index (χ1) is 14.7. The molecular weight excluding hydrogens is 382 g/mol. The van der Waals surface area contributed by atoms with Gasteiger partial charge in [0.15, 0.2) is 0 Å². The van der Waals surface area contributed by atoms with Gasteiger partial charge in [0.2, 0.25) is 0 Å². The fraction of sp³-hybridized carbons (Fsp3) is 0.500. The second kappa shape index (κ2) is 9.97. The van der Waals surface area contributed by atoms with Crippen LogP contribution < -0.4 is 10.6 Å². The van der Waals surface area contributed by atoms with Gasteiger partial charge in [-0.15, -0.1) is 0 Å². The molecule has 1 unspecified atom stereocenters. The molecule has 3 N–H and O–H groups in total. The van der Waals surface area contributed by atoms with E-state index in [-0.39, 0.29) is 24.2 Å². The first-order valence-corrected chi connectivity index (χ1v) is 10.6. The van der Waals surface area contributed by atoms with E-state index in [1.807, 2.05) is 6.07 Å². The zero-order chi connectivity index (χ0) is 20.8. The van der Waals surface area contributed by atoms with Crippen molar-refractivity contribution < 1.29 is 14.6 Å². The van der Waals surface area contributed by atoms with Gasteiger partial charge in [-0.2, -0.15) is 0 Å². The molecule has 1 amide bonds. The first kappa shape index (κ1) is 20.7. The third-order valence-corrected chi connectivity index (χ3v) is 5.62. The van der Waals surface area contributed by atoms with E-state index in [1.54, 1.807) is 6.20 Å². The fourth-order valence-electron chi connectivity index (χ4n) is 3.97. The number of aliphatic hydroxyl groups is 1. The number of ether oxygens (including phenoxy) is 1. The standard InChI is InChI=1S/C22H29N5O3/c28-19(15-27-8-5-16-3-1-2-4-17(16)14-27)11-24-22(29)20-12-23-13-21(26-20)25-18-6-9-30-10-7-18/h1-4,12-13,18-19,28H,5-11,14-15H2,(H,24,29)(H,25,26). The predicted octanol–water partition coefficient (Wildman–Crippen LogP) is 1.22. The van der Waals surface area contributed by atoms with Gasteiger partial charge in [-0.1, -0.05) is 24.3 Å². The number of aromatic nitrogens is 2. The van der Waals surface area contributed by atoms with Crippen molar-refractivity contribution >= 4 is 11.7 Å². The Bertz CT molecular complexity index is 856. The maximum absolute atomic E-state index is 12.5. The molecule has 1 fully saturated rings. The highest BCUT2D eigenvalue weighted by atomic mass is 16.5. The van der Waals surface area contributed by atoms with Crippen molar-refractivity contribution in [2.75, 3.05) is 38.2 Å². The maximum Gasteiger partial charge on any atom is 0.271 e. The number of nitrogens with zero attached hydrogens (tertiary/aromatic N) is 3. The van der Waals surface area contributed by atoms with E-state index in [4.69, 9.17) is 4.74 Å². The van der Waals surface area contributed by atoms with Crippen molar-refractivity contribution in [1.82, 2.24) is 20.2 Å². The third-order valence-electron chi connectivity index (χ3n) is 5.62. The molecule has 0 bridgehead atoms. The number of β-amino-alcohol motifs (C(OH)–C–C–N with tert-alkyl or cyclic N) is 1. The van der Waals surface area contributed by atoms with Crippen molar-refractivity contribution in [1.29, 1.82) is 0 Å². The Morgan fingerprint density at radius 3 is 2.87 bits per heavy atom. The number of rotatable bonds is 7. The van der Waals surface area contributed by atoms with Gasteiger partial charge in [-0.05, 0) is 30.4 Å². The lowest BCUT2D eigenvalue weighted by Gasteiger charge is -2.30. The number of benzene rings is 1.